The number of hydrogen-bond donors (Lipinski definition) is 0. The molecular weight excluding hydrogens is 593 g/mol. The maximum absolute atomic E-state index is 12.4. The summed E-state index contributed by atoms with van der Waals surface area (Å²) in [6, 6.07) is 38.6. The van der Waals surface area contributed by atoms with Gasteiger partial charge in [-0.3, -0.25) is 0 Å². The fraction of sp³-hybridized carbons (Fsp3) is 0.167. The molecule has 0 N–H and O–H groups in total. The molecule has 0 spiro atoms. The third kappa shape index (κ3) is 9.82. The second kappa shape index (κ2) is 16.4. The van der Waals surface area contributed by atoms with Crippen LogP contribution in [0, 0.1) is 13.8 Å². The van der Waals surface area contributed by atoms with Crippen LogP contribution in [0.25, 0.3) is 0 Å². The number of benzene rings is 5. The zero-order chi connectivity index (χ0) is 32.0. The van der Waals surface area contributed by atoms with Gasteiger partial charge in [-0.25, -0.2) is 16.8 Å². The number of hydrogen-bond acceptors (Lipinski definition) is 6. The molecule has 0 aliphatic rings. The zero-order valence-corrected chi connectivity index (χ0v) is 27.0. The fourth-order valence-electron chi connectivity index (χ4n) is 3.86. The molecule has 0 bridgehead atoms. The van der Waals surface area contributed by atoms with Gasteiger partial charge < -0.3 is 9.47 Å². The number of aryl methyl sites for hydroxylation is 2. The second-order valence-electron chi connectivity index (χ2n) is 9.60. The molecule has 5 aromatic carbocycles. The van der Waals surface area contributed by atoms with Gasteiger partial charge in [-0.15, -0.1) is 0 Å². The van der Waals surface area contributed by atoms with Crippen LogP contribution in [0.4, 0.5) is 0 Å². The average molecular weight is 631 g/mol. The van der Waals surface area contributed by atoms with Gasteiger partial charge in [0, 0.05) is 0 Å². The normalized spacial score (nSPS) is 10.8. The van der Waals surface area contributed by atoms with Gasteiger partial charge >= 0.3 is 0 Å². The highest BCUT2D eigenvalue weighted by Gasteiger charge is 2.18. The topological polar surface area (TPSA) is 86.7 Å². The maximum atomic E-state index is 12.4. The van der Waals surface area contributed by atoms with Gasteiger partial charge in [0.1, 0.15) is 11.5 Å². The summed E-state index contributed by atoms with van der Waals surface area (Å²) < 4.78 is 60.1. The lowest BCUT2D eigenvalue weighted by molar-refractivity contribution is 0.340. The summed E-state index contributed by atoms with van der Waals surface area (Å²) in [5.41, 5.74) is 2.07. The van der Waals surface area contributed by atoms with E-state index in [-0.39, 0.29) is 9.79 Å². The predicted molar refractivity (Wildman–Crippen MR) is 175 cm³/mol. The molecule has 8 heteroatoms. The van der Waals surface area contributed by atoms with Crippen molar-refractivity contribution >= 4 is 19.7 Å². The van der Waals surface area contributed by atoms with E-state index in [1.54, 1.807) is 97.1 Å². The van der Waals surface area contributed by atoms with E-state index in [2.05, 4.69) is 0 Å². The molecular formula is C36H38O6S2. The van der Waals surface area contributed by atoms with Crippen molar-refractivity contribution in [1.82, 2.24) is 0 Å². The first-order valence-electron chi connectivity index (χ1n) is 14.2. The van der Waals surface area contributed by atoms with E-state index < -0.39 is 19.7 Å². The van der Waals surface area contributed by atoms with Crippen molar-refractivity contribution in [3.8, 4) is 11.5 Å². The first-order valence-corrected chi connectivity index (χ1v) is 17.1. The van der Waals surface area contributed by atoms with Gasteiger partial charge in [0.25, 0.3) is 0 Å². The Hall–Kier alpha value is -4.40. The highest BCUT2D eigenvalue weighted by atomic mass is 32.2. The minimum atomic E-state index is -3.44. The number of sulfone groups is 2. The summed E-state index contributed by atoms with van der Waals surface area (Å²) in [5, 5.41) is 0. The highest BCUT2D eigenvalue weighted by molar-refractivity contribution is 7.91. The third-order valence-electron chi connectivity index (χ3n) is 6.22. The van der Waals surface area contributed by atoms with E-state index in [4.69, 9.17) is 9.47 Å². The van der Waals surface area contributed by atoms with Crippen LogP contribution >= 0.6 is 0 Å². The van der Waals surface area contributed by atoms with Crippen molar-refractivity contribution in [3.63, 3.8) is 0 Å². The van der Waals surface area contributed by atoms with E-state index >= 15 is 0 Å². The molecule has 0 amide bonds. The van der Waals surface area contributed by atoms with Crippen molar-refractivity contribution in [2.45, 2.75) is 47.3 Å². The molecule has 6 nitrogen and oxygen atoms in total. The molecule has 5 rings (SSSR count). The Morgan fingerprint density at radius 2 is 0.636 bits per heavy atom. The lowest BCUT2D eigenvalue weighted by Crippen LogP contribution is -2.02. The van der Waals surface area contributed by atoms with Crippen LogP contribution in [0.5, 0.6) is 11.5 Å². The molecule has 5 aromatic rings. The van der Waals surface area contributed by atoms with Crippen molar-refractivity contribution in [3.05, 3.63) is 145 Å². The molecule has 0 saturated carbocycles. The summed E-state index contributed by atoms with van der Waals surface area (Å²) in [6.07, 6.45) is 0. The Kier molecular flexibility index (Phi) is 12.7. The fourth-order valence-corrected chi connectivity index (χ4v) is 6.38. The minimum Gasteiger partial charge on any atom is -0.494 e. The second-order valence-corrected chi connectivity index (χ2v) is 13.5. The lowest BCUT2D eigenvalue weighted by Gasteiger charge is -2.07. The molecule has 230 valence electrons. The van der Waals surface area contributed by atoms with Crippen LogP contribution in [0.1, 0.15) is 25.0 Å². The average Bonchev–Trinajstić information content (AvgIpc) is 3.04. The quantitative estimate of drug-likeness (QED) is 0.172. The number of rotatable bonds is 8. The van der Waals surface area contributed by atoms with Crippen LogP contribution in [-0.4, -0.2) is 30.0 Å². The van der Waals surface area contributed by atoms with E-state index in [0.717, 1.165) is 11.1 Å². The number of ether oxygens (including phenoxy) is 2. The Morgan fingerprint density at radius 3 is 0.864 bits per heavy atom. The summed E-state index contributed by atoms with van der Waals surface area (Å²) in [5.74, 6) is 1.34. The molecule has 0 aliphatic heterocycles. The molecule has 0 heterocycles. The summed E-state index contributed by atoms with van der Waals surface area (Å²) in [7, 11) is -6.89. The van der Waals surface area contributed by atoms with Gasteiger partial charge in [-0.2, -0.15) is 0 Å². The Labute approximate surface area is 261 Å². The smallest absolute Gasteiger partial charge is 0.206 e. The molecule has 0 atom stereocenters. The Bertz CT molecular complexity index is 1620. The van der Waals surface area contributed by atoms with Crippen LogP contribution in [0.15, 0.2) is 153 Å². The van der Waals surface area contributed by atoms with Gasteiger partial charge in [0.2, 0.25) is 19.7 Å². The van der Waals surface area contributed by atoms with Crippen LogP contribution in [-0.2, 0) is 19.7 Å². The third-order valence-corrected chi connectivity index (χ3v) is 9.79. The molecule has 0 aromatic heterocycles. The van der Waals surface area contributed by atoms with Crippen molar-refractivity contribution in [1.29, 1.82) is 0 Å². The molecule has 0 aliphatic carbocycles. The standard InChI is InChI=1S/2C15H16O3S.C6H6/c2*1-3-18-13-6-10-15(11-7-13)19(16,17)14-8-4-12(2)5-9-14;1-2-4-6-5-3-1/h2*4-11H,3H2,1-2H3;1-6H. The van der Waals surface area contributed by atoms with Crippen LogP contribution in [0.3, 0.4) is 0 Å². The van der Waals surface area contributed by atoms with Crippen molar-refractivity contribution in [2.24, 2.45) is 0 Å². The lowest BCUT2D eigenvalue weighted by atomic mass is 10.2. The molecule has 0 radical (unpaired) electrons. The summed E-state index contributed by atoms with van der Waals surface area (Å²) in [4.78, 5) is 1.17. The highest BCUT2D eigenvalue weighted by Crippen LogP contribution is 2.24. The van der Waals surface area contributed by atoms with Crippen LogP contribution < -0.4 is 9.47 Å². The Balaban J connectivity index is 0.000000202. The first-order chi connectivity index (χ1) is 21.1. The van der Waals surface area contributed by atoms with Crippen molar-refractivity contribution in [2.75, 3.05) is 13.2 Å². The SMILES string of the molecule is CCOc1ccc(S(=O)(=O)c2ccc(C)cc2)cc1.CCOc1ccc(S(=O)(=O)c2ccc(C)cc2)cc1.c1ccccc1. The van der Waals surface area contributed by atoms with E-state index in [1.807, 2.05) is 64.1 Å². The Morgan fingerprint density at radius 1 is 0.409 bits per heavy atom. The molecule has 44 heavy (non-hydrogen) atoms. The molecule has 0 unspecified atom stereocenters. The van der Waals surface area contributed by atoms with E-state index in [0.29, 0.717) is 34.5 Å². The van der Waals surface area contributed by atoms with Crippen molar-refractivity contribution < 1.29 is 26.3 Å². The molecule has 0 saturated heterocycles. The minimum absolute atomic E-state index is 0.278. The summed E-state index contributed by atoms with van der Waals surface area (Å²) in [6.45, 7) is 8.74. The monoisotopic (exact) mass is 630 g/mol. The van der Waals surface area contributed by atoms with Crippen LogP contribution in [0.2, 0.25) is 0 Å². The first kappa shape index (κ1) is 34.1. The van der Waals surface area contributed by atoms with Gasteiger partial charge in [-0.1, -0.05) is 71.8 Å². The largest absolute Gasteiger partial charge is 0.494 e. The zero-order valence-electron chi connectivity index (χ0n) is 25.4. The molecule has 0 fully saturated rings. The van der Waals surface area contributed by atoms with Gasteiger partial charge in [-0.05, 0) is 100 Å². The van der Waals surface area contributed by atoms with E-state index in [1.165, 1.54) is 0 Å². The van der Waals surface area contributed by atoms with E-state index in [9.17, 15) is 16.8 Å². The summed E-state index contributed by atoms with van der Waals surface area (Å²) >= 11 is 0. The van der Waals surface area contributed by atoms with Gasteiger partial charge in [0.05, 0.1) is 32.8 Å². The maximum Gasteiger partial charge on any atom is 0.206 e. The predicted octanol–water partition coefficient (Wildman–Crippen LogP) is 8.14. The van der Waals surface area contributed by atoms with Gasteiger partial charge in [0.15, 0.2) is 0 Å².